The van der Waals surface area contributed by atoms with Crippen molar-refractivity contribution in [2.24, 2.45) is 0 Å². The standard InChI is InChI=1S/C16H13NO4/c1-11-2-6-13(7-3-11)15(16(18)19)10-12-4-8-14(9-5-12)17(20)21/h2-10H,1H3,(H,18,19)/b15-10-. The highest BCUT2D eigenvalue weighted by Crippen LogP contribution is 2.21. The van der Waals surface area contributed by atoms with E-state index in [1.165, 1.54) is 30.3 Å². The van der Waals surface area contributed by atoms with Crippen LogP contribution in [0.1, 0.15) is 16.7 Å². The molecule has 2 aromatic rings. The van der Waals surface area contributed by atoms with Crippen molar-refractivity contribution in [1.82, 2.24) is 0 Å². The van der Waals surface area contributed by atoms with Crippen LogP contribution in [0.5, 0.6) is 0 Å². The Morgan fingerprint density at radius 1 is 1.10 bits per heavy atom. The van der Waals surface area contributed by atoms with E-state index in [-0.39, 0.29) is 11.3 Å². The molecule has 2 aromatic carbocycles. The highest BCUT2D eigenvalue weighted by atomic mass is 16.6. The van der Waals surface area contributed by atoms with Gasteiger partial charge >= 0.3 is 5.97 Å². The quantitative estimate of drug-likeness (QED) is 0.403. The molecule has 106 valence electrons. The number of carbonyl (C=O) groups is 1. The predicted molar refractivity (Wildman–Crippen MR) is 79.8 cm³/mol. The van der Waals surface area contributed by atoms with Gasteiger partial charge in [0.15, 0.2) is 0 Å². The molecule has 5 heteroatoms. The average Bonchev–Trinajstić information content (AvgIpc) is 2.46. The van der Waals surface area contributed by atoms with E-state index in [1.807, 2.05) is 19.1 Å². The molecule has 0 aliphatic carbocycles. The Hall–Kier alpha value is -2.95. The molecular weight excluding hydrogens is 270 g/mol. The maximum absolute atomic E-state index is 11.4. The molecule has 5 nitrogen and oxygen atoms in total. The molecule has 0 heterocycles. The zero-order chi connectivity index (χ0) is 15.4. The number of carboxylic acid groups (broad SMARTS) is 1. The number of benzene rings is 2. The number of aliphatic carboxylic acids is 1. The van der Waals surface area contributed by atoms with Gasteiger partial charge in [0, 0.05) is 12.1 Å². The summed E-state index contributed by atoms with van der Waals surface area (Å²) in [4.78, 5) is 21.5. The Kier molecular flexibility index (Phi) is 4.13. The van der Waals surface area contributed by atoms with Crippen LogP contribution in [-0.4, -0.2) is 16.0 Å². The summed E-state index contributed by atoms with van der Waals surface area (Å²) in [6, 6.07) is 12.9. The van der Waals surface area contributed by atoms with Crippen LogP contribution in [-0.2, 0) is 4.79 Å². The Bertz CT molecular complexity index is 700. The van der Waals surface area contributed by atoms with Crippen LogP contribution in [0.3, 0.4) is 0 Å². The third-order valence-electron chi connectivity index (χ3n) is 3.01. The van der Waals surface area contributed by atoms with Crippen molar-refractivity contribution in [3.8, 4) is 0 Å². The highest BCUT2D eigenvalue weighted by Gasteiger charge is 2.11. The Balaban J connectivity index is 2.40. The van der Waals surface area contributed by atoms with Gasteiger partial charge in [-0.3, -0.25) is 10.1 Å². The Morgan fingerprint density at radius 3 is 2.14 bits per heavy atom. The van der Waals surface area contributed by atoms with Gasteiger partial charge in [0.05, 0.1) is 10.5 Å². The van der Waals surface area contributed by atoms with Crippen LogP contribution in [0.4, 0.5) is 5.69 Å². The second kappa shape index (κ2) is 6.00. The van der Waals surface area contributed by atoms with E-state index in [0.717, 1.165) is 5.56 Å². The van der Waals surface area contributed by atoms with Gasteiger partial charge in [-0.1, -0.05) is 29.8 Å². The fraction of sp³-hybridized carbons (Fsp3) is 0.0625. The first-order chi connectivity index (χ1) is 9.97. The van der Waals surface area contributed by atoms with E-state index < -0.39 is 10.9 Å². The highest BCUT2D eigenvalue weighted by molar-refractivity contribution is 6.20. The van der Waals surface area contributed by atoms with Crippen LogP contribution in [0.15, 0.2) is 48.5 Å². The summed E-state index contributed by atoms with van der Waals surface area (Å²) < 4.78 is 0. The Morgan fingerprint density at radius 2 is 1.67 bits per heavy atom. The molecule has 0 atom stereocenters. The van der Waals surface area contributed by atoms with Crippen molar-refractivity contribution in [3.63, 3.8) is 0 Å². The maximum Gasteiger partial charge on any atom is 0.336 e. The molecule has 0 aliphatic heterocycles. The topological polar surface area (TPSA) is 80.4 Å². The summed E-state index contributed by atoms with van der Waals surface area (Å²) in [5.74, 6) is -1.04. The van der Waals surface area contributed by atoms with Crippen molar-refractivity contribution in [1.29, 1.82) is 0 Å². The third-order valence-corrected chi connectivity index (χ3v) is 3.01. The smallest absolute Gasteiger partial charge is 0.336 e. The van der Waals surface area contributed by atoms with Crippen molar-refractivity contribution < 1.29 is 14.8 Å². The maximum atomic E-state index is 11.4. The minimum absolute atomic E-state index is 0.0284. The largest absolute Gasteiger partial charge is 0.478 e. The molecule has 0 bridgehead atoms. The van der Waals surface area contributed by atoms with Crippen LogP contribution in [0.25, 0.3) is 11.6 Å². The first-order valence-corrected chi connectivity index (χ1v) is 6.24. The first-order valence-electron chi connectivity index (χ1n) is 6.24. The Labute approximate surface area is 121 Å². The molecule has 0 spiro atoms. The van der Waals surface area contributed by atoms with Crippen LogP contribution >= 0.6 is 0 Å². The van der Waals surface area contributed by atoms with Gasteiger partial charge in [-0.15, -0.1) is 0 Å². The minimum Gasteiger partial charge on any atom is -0.478 e. The zero-order valence-electron chi connectivity index (χ0n) is 11.3. The molecule has 0 radical (unpaired) electrons. The second-order valence-electron chi connectivity index (χ2n) is 4.58. The normalized spacial score (nSPS) is 11.2. The van der Waals surface area contributed by atoms with Gasteiger partial charge in [-0.25, -0.2) is 4.79 Å². The number of carboxylic acids is 1. The second-order valence-corrected chi connectivity index (χ2v) is 4.58. The molecule has 0 amide bonds. The number of hydrogen-bond acceptors (Lipinski definition) is 3. The number of non-ortho nitro benzene ring substituents is 1. The summed E-state index contributed by atoms with van der Waals surface area (Å²) in [6.07, 6.45) is 1.50. The molecule has 1 N–H and O–H groups in total. The summed E-state index contributed by atoms with van der Waals surface area (Å²) in [5, 5.41) is 19.9. The van der Waals surface area contributed by atoms with Crippen LogP contribution in [0.2, 0.25) is 0 Å². The molecule has 0 saturated carbocycles. The molecular formula is C16H13NO4. The summed E-state index contributed by atoms with van der Waals surface area (Å²) in [5.41, 5.74) is 2.34. The minimum atomic E-state index is -1.04. The lowest BCUT2D eigenvalue weighted by Crippen LogP contribution is -1.99. The van der Waals surface area contributed by atoms with Crippen molar-refractivity contribution in [2.45, 2.75) is 6.92 Å². The molecule has 0 aromatic heterocycles. The molecule has 0 unspecified atom stereocenters. The van der Waals surface area contributed by atoms with E-state index in [1.54, 1.807) is 12.1 Å². The lowest BCUT2D eigenvalue weighted by Gasteiger charge is -2.04. The third kappa shape index (κ3) is 3.54. The fourth-order valence-electron chi connectivity index (χ4n) is 1.86. The zero-order valence-corrected chi connectivity index (χ0v) is 11.3. The first kappa shape index (κ1) is 14.5. The number of rotatable bonds is 4. The number of hydrogen-bond donors (Lipinski definition) is 1. The van der Waals surface area contributed by atoms with E-state index >= 15 is 0 Å². The predicted octanol–water partition coefficient (Wildman–Crippen LogP) is 3.53. The molecule has 0 aliphatic rings. The van der Waals surface area contributed by atoms with E-state index in [0.29, 0.717) is 11.1 Å². The summed E-state index contributed by atoms with van der Waals surface area (Å²) >= 11 is 0. The van der Waals surface area contributed by atoms with E-state index in [9.17, 15) is 20.0 Å². The number of nitro groups is 1. The van der Waals surface area contributed by atoms with Gasteiger partial charge in [0.25, 0.3) is 5.69 Å². The van der Waals surface area contributed by atoms with Crippen LogP contribution in [0, 0.1) is 17.0 Å². The van der Waals surface area contributed by atoms with E-state index in [2.05, 4.69) is 0 Å². The summed E-state index contributed by atoms with van der Waals surface area (Å²) in [7, 11) is 0. The average molecular weight is 283 g/mol. The van der Waals surface area contributed by atoms with Gasteiger partial charge in [0.1, 0.15) is 0 Å². The van der Waals surface area contributed by atoms with Gasteiger partial charge in [-0.2, -0.15) is 0 Å². The molecule has 21 heavy (non-hydrogen) atoms. The lowest BCUT2D eigenvalue weighted by atomic mass is 10.0. The van der Waals surface area contributed by atoms with Crippen LogP contribution < -0.4 is 0 Å². The SMILES string of the molecule is Cc1ccc(/C(=C/c2ccc([N+](=O)[O-])cc2)C(=O)O)cc1. The number of nitrogens with zero attached hydrogens (tertiary/aromatic N) is 1. The number of nitro benzene ring substituents is 1. The van der Waals surface area contributed by atoms with Crippen molar-refractivity contribution in [2.75, 3.05) is 0 Å². The van der Waals surface area contributed by atoms with Crippen molar-refractivity contribution >= 4 is 23.3 Å². The summed E-state index contributed by atoms with van der Waals surface area (Å²) in [6.45, 7) is 1.92. The molecule has 2 rings (SSSR count). The van der Waals surface area contributed by atoms with Gasteiger partial charge < -0.3 is 5.11 Å². The van der Waals surface area contributed by atoms with E-state index in [4.69, 9.17) is 0 Å². The van der Waals surface area contributed by atoms with Gasteiger partial charge in [-0.05, 0) is 36.3 Å². The molecule has 0 fully saturated rings. The lowest BCUT2D eigenvalue weighted by molar-refractivity contribution is -0.384. The van der Waals surface area contributed by atoms with Gasteiger partial charge in [0.2, 0.25) is 0 Å². The van der Waals surface area contributed by atoms with Crippen molar-refractivity contribution in [3.05, 3.63) is 75.3 Å². The fourth-order valence-corrected chi connectivity index (χ4v) is 1.86. The number of aryl methyl sites for hydroxylation is 1. The molecule has 0 saturated heterocycles. The monoisotopic (exact) mass is 283 g/mol.